The molecule has 0 atom stereocenters. The van der Waals surface area contributed by atoms with Gasteiger partial charge in [-0.05, 0) is 60.5 Å². The Hall–Kier alpha value is -3.59. The van der Waals surface area contributed by atoms with E-state index in [2.05, 4.69) is 66.9 Å². The third-order valence-corrected chi connectivity index (χ3v) is 5.85. The molecule has 29 heavy (non-hydrogen) atoms. The first-order chi connectivity index (χ1) is 14.0. The molecule has 1 aliphatic heterocycles. The Morgan fingerprint density at radius 3 is 2.38 bits per heavy atom. The molecule has 1 aliphatic rings. The minimum absolute atomic E-state index is 0.0432. The van der Waals surface area contributed by atoms with Crippen LogP contribution in [0.2, 0.25) is 0 Å². The van der Waals surface area contributed by atoms with Crippen molar-refractivity contribution in [3.8, 4) is 5.69 Å². The highest BCUT2D eigenvalue weighted by Crippen LogP contribution is 2.37. The van der Waals surface area contributed by atoms with Gasteiger partial charge in [0.2, 0.25) is 0 Å². The molecule has 2 heterocycles. The lowest BCUT2D eigenvalue weighted by atomic mass is 10.0. The van der Waals surface area contributed by atoms with E-state index >= 15 is 0 Å². The summed E-state index contributed by atoms with van der Waals surface area (Å²) >= 11 is 0. The SMILES string of the molecule is Cc1cc(/C=C2/C(=O)N(C)c3ccccc32)c(C)n1-c1ccc2ccccc2c1. The Balaban J connectivity index is 1.64. The lowest BCUT2D eigenvalue weighted by molar-refractivity contribution is -0.112. The Bertz CT molecular complexity index is 1310. The summed E-state index contributed by atoms with van der Waals surface area (Å²) in [7, 11) is 1.83. The summed E-state index contributed by atoms with van der Waals surface area (Å²) in [5, 5.41) is 2.45. The first-order valence-electron chi connectivity index (χ1n) is 9.82. The second kappa shape index (κ2) is 6.49. The molecule has 0 radical (unpaired) electrons. The van der Waals surface area contributed by atoms with Gasteiger partial charge < -0.3 is 9.47 Å². The van der Waals surface area contributed by atoms with Crippen molar-refractivity contribution in [1.82, 2.24) is 4.57 Å². The van der Waals surface area contributed by atoms with Gasteiger partial charge in [0.25, 0.3) is 5.91 Å². The quantitative estimate of drug-likeness (QED) is 0.407. The van der Waals surface area contributed by atoms with Gasteiger partial charge in [0.1, 0.15) is 0 Å². The minimum Gasteiger partial charge on any atom is -0.318 e. The predicted molar refractivity (Wildman–Crippen MR) is 120 cm³/mol. The summed E-state index contributed by atoms with van der Waals surface area (Å²) in [4.78, 5) is 14.6. The molecule has 0 spiro atoms. The number of aromatic nitrogens is 1. The summed E-state index contributed by atoms with van der Waals surface area (Å²) in [6.07, 6.45) is 2.03. The Morgan fingerprint density at radius 2 is 1.55 bits per heavy atom. The number of amides is 1. The molecule has 142 valence electrons. The summed E-state index contributed by atoms with van der Waals surface area (Å²) < 4.78 is 2.26. The van der Waals surface area contributed by atoms with Gasteiger partial charge in [0.05, 0.1) is 5.69 Å². The monoisotopic (exact) mass is 378 g/mol. The fourth-order valence-electron chi connectivity index (χ4n) is 4.34. The van der Waals surface area contributed by atoms with Gasteiger partial charge in [-0.2, -0.15) is 0 Å². The maximum absolute atomic E-state index is 12.8. The Kier molecular flexibility index (Phi) is 3.92. The van der Waals surface area contributed by atoms with E-state index in [0.29, 0.717) is 0 Å². The molecule has 5 rings (SSSR count). The van der Waals surface area contributed by atoms with Crippen molar-refractivity contribution in [3.63, 3.8) is 0 Å². The van der Waals surface area contributed by atoms with E-state index in [1.807, 2.05) is 37.4 Å². The lowest BCUT2D eigenvalue weighted by Crippen LogP contribution is -2.20. The molecule has 0 saturated heterocycles. The molecule has 3 aromatic carbocycles. The van der Waals surface area contributed by atoms with Gasteiger partial charge in [0.15, 0.2) is 0 Å². The van der Waals surface area contributed by atoms with Crippen LogP contribution < -0.4 is 4.90 Å². The molecular formula is C26H22N2O. The first kappa shape index (κ1) is 17.5. The number of nitrogens with zero attached hydrogens (tertiary/aromatic N) is 2. The number of anilines is 1. The van der Waals surface area contributed by atoms with Crippen LogP contribution in [0.5, 0.6) is 0 Å². The normalized spacial score (nSPS) is 14.8. The van der Waals surface area contributed by atoms with Crippen LogP contribution in [0, 0.1) is 13.8 Å². The number of carbonyl (C=O) groups is 1. The van der Waals surface area contributed by atoms with Gasteiger partial charge >= 0.3 is 0 Å². The van der Waals surface area contributed by atoms with Crippen LogP contribution in [0.25, 0.3) is 28.1 Å². The number of hydrogen-bond acceptors (Lipinski definition) is 1. The van der Waals surface area contributed by atoms with Crippen molar-refractivity contribution in [2.24, 2.45) is 0 Å². The smallest absolute Gasteiger partial charge is 0.258 e. The maximum atomic E-state index is 12.8. The number of hydrogen-bond donors (Lipinski definition) is 0. The molecule has 0 bridgehead atoms. The van der Waals surface area contributed by atoms with E-state index in [1.165, 1.54) is 10.8 Å². The second-order valence-corrected chi connectivity index (χ2v) is 7.63. The van der Waals surface area contributed by atoms with Gasteiger partial charge in [-0.1, -0.05) is 48.5 Å². The number of rotatable bonds is 2. The molecule has 4 aromatic rings. The van der Waals surface area contributed by atoms with Gasteiger partial charge in [-0.3, -0.25) is 4.79 Å². The molecule has 3 heteroatoms. The first-order valence-corrected chi connectivity index (χ1v) is 9.82. The fraction of sp³-hybridized carbons (Fsp3) is 0.115. The molecule has 1 aromatic heterocycles. The van der Waals surface area contributed by atoms with Crippen LogP contribution in [0.4, 0.5) is 5.69 Å². The summed E-state index contributed by atoms with van der Waals surface area (Å²) in [6, 6.07) is 25.1. The molecule has 0 fully saturated rings. The average molecular weight is 378 g/mol. The van der Waals surface area contributed by atoms with Crippen LogP contribution in [0.3, 0.4) is 0 Å². The van der Waals surface area contributed by atoms with Crippen molar-refractivity contribution in [2.45, 2.75) is 13.8 Å². The van der Waals surface area contributed by atoms with Gasteiger partial charge in [-0.15, -0.1) is 0 Å². The van der Waals surface area contributed by atoms with Crippen LogP contribution in [0.1, 0.15) is 22.5 Å². The zero-order valence-corrected chi connectivity index (χ0v) is 16.8. The predicted octanol–water partition coefficient (Wildman–Crippen LogP) is 5.76. The van der Waals surface area contributed by atoms with Crippen molar-refractivity contribution in [2.75, 3.05) is 11.9 Å². The number of para-hydroxylation sites is 1. The van der Waals surface area contributed by atoms with Crippen molar-refractivity contribution < 1.29 is 4.79 Å². The van der Waals surface area contributed by atoms with E-state index in [-0.39, 0.29) is 5.91 Å². The summed E-state index contributed by atoms with van der Waals surface area (Å²) in [5.41, 5.74) is 7.20. The highest BCUT2D eigenvalue weighted by atomic mass is 16.2. The zero-order chi connectivity index (χ0) is 20.1. The van der Waals surface area contributed by atoms with Crippen molar-refractivity contribution in [1.29, 1.82) is 0 Å². The molecule has 0 unspecified atom stereocenters. The van der Waals surface area contributed by atoms with Gasteiger partial charge in [-0.25, -0.2) is 0 Å². The zero-order valence-electron chi connectivity index (χ0n) is 16.8. The van der Waals surface area contributed by atoms with Crippen LogP contribution in [-0.2, 0) is 4.79 Å². The highest BCUT2D eigenvalue weighted by molar-refractivity contribution is 6.35. The molecule has 0 aliphatic carbocycles. The molecule has 1 amide bonds. The van der Waals surface area contributed by atoms with Crippen molar-refractivity contribution >= 4 is 34.0 Å². The standard InChI is InChI=1S/C26H22N2O/c1-17-14-21(16-24-23-10-6-7-11-25(23)27(3)26(24)29)18(2)28(17)22-13-12-19-8-4-5-9-20(19)15-22/h4-16H,1-3H3/b24-16+. The largest absolute Gasteiger partial charge is 0.318 e. The fourth-order valence-corrected chi connectivity index (χ4v) is 4.34. The third kappa shape index (κ3) is 2.70. The minimum atomic E-state index is 0.0432. The summed E-state index contributed by atoms with van der Waals surface area (Å²) in [6.45, 7) is 4.23. The number of carbonyl (C=O) groups excluding carboxylic acids is 1. The van der Waals surface area contributed by atoms with Crippen LogP contribution in [0.15, 0.2) is 72.8 Å². The number of benzene rings is 3. The molecule has 0 saturated carbocycles. The second-order valence-electron chi connectivity index (χ2n) is 7.63. The molecular weight excluding hydrogens is 356 g/mol. The van der Waals surface area contributed by atoms with E-state index < -0.39 is 0 Å². The molecule has 0 N–H and O–H groups in total. The number of likely N-dealkylation sites (N-methyl/N-ethyl adjacent to an activating group) is 1. The highest BCUT2D eigenvalue weighted by Gasteiger charge is 2.29. The lowest BCUT2D eigenvalue weighted by Gasteiger charge is -2.11. The Morgan fingerprint density at radius 1 is 0.828 bits per heavy atom. The number of aryl methyl sites for hydroxylation is 1. The third-order valence-electron chi connectivity index (χ3n) is 5.85. The van der Waals surface area contributed by atoms with E-state index in [9.17, 15) is 4.79 Å². The molecule has 3 nitrogen and oxygen atoms in total. The van der Waals surface area contributed by atoms with Crippen LogP contribution in [-0.4, -0.2) is 17.5 Å². The summed E-state index contributed by atoms with van der Waals surface area (Å²) in [5.74, 6) is 0.0432. The maximum Gasteiger partial charge on any atom is 0.258 e. The van der Waals surface area contributed by atoms with E-state index in [0.717, 1.165) is 39.5 Å². The van der Waals surface area contributed by atoms with E-state index in [4.69, 9.17) is 0 Å². The average Bonchev–Trinajstić information content (AvgIpc) is 3.15. The van der Waals surface area contributed by atoms with Crippen molar-refractivity contribution in [3.05, 3.63) is 95.3 Å². The topological polar surface area (TPSA) is 25.2 Å². The van der Waals surface area contributed by atoms with Gasteiger partial charge in [0, 0.05) is 35.3 Å². The van der Waals surface area contributed by atoms with E-state index in [1.54, 1.807) is 4.90 Å². The Labute approximate surface area is 170 Å². The number of fused-ring (bicyclic) bond motifs is 2. The van der Waals surface area contributed by atoms with Crippen LogP contribution >= 0.6 is 0 Å².